The van der Waals surface area contributed by atoms with Crippen LogP contribution in [0.2, 0.25) is 18.6 Å². The quantitative estimate of drug-likeness (QED) is 0.330. The molecule has 3 heteroatoms. The van der Waals surface area contributed by atoms with E-state index in [1.165, 1.54) is 37.5 Å². The van der Waals surface area contributed by atoms with Gasteiger partial charge in [-0.3, -0.25) is 0 Å². The summed E-state index contributed by atoms with van der Waals surface area (Å²) in [6.45, 7) is 11.1. The maximum absolute atomic E-state index is 15.3. The minimum atomic E-state index is -1.53. The Morgan fingerprint density at radius 3 is 2.33 bits per heavy atom. The van der Waals surface area contributed by atoms with E-state index in [-0.39, 0.29) is 5.82 Å². The fourth-order valence-electron chi connectivity index (χ4n) is 5.48. The van der Waals surface area contributed by atoms with Crippen LogP contribution in [0.3, 0.4) is 0 Å². The van der Waals surface area contributed by atoms with E-state index in [0.717, 1.165) is 33.3 Å². The minimum Gasteiger partial charge on any atom is -0.206 e. The molecule has 1 aliphatic carbocycles. The van der Waals surface area contributed by atoms with Crippen LogP contribution in [0.25, 0.3) is 22.0 Å². The number of nitrogens with zero attached hydrogens (tertiary/aromatic N) is 1. The molecular weight excluding hydrogens is 385 g/mol. The van der Waals surface area contributed by atoms with Gasteiger partial charge in [-0.05, 0) is 54.5 Å². The van der Waals surface area contributed by atoms with Crippen LogP contribution in [-0.4, -0.2) is 8.07 Å². The van der Waals surface area contributed by atoms with Gasteiger partial charge < -0.3 is 0 Å². The Balaban J connectivity index is 1.90. The molecule has 0 spiro atoms. The van der Waals surface area contributed by atoms with E-state index in [4.69, 9.17) is 0 Å². The van der Waals surface area contributed by atoms with Crippen molar-refractivity contribution in [2.75, 3.05) is 0 Å². The largest absolute Gasteiger partial charge is 0.223 e. The van der Waals surface area contributed by atoms with Crippen molar-refractivity contribution in [2.45, 2.75) is 71.5 Å². The van der Waals surface area contributed by atoms with E-state index in [2.05, 4.69) is 55.0 Å². The van der Waals surface area contributed by atoms with E-state index in [0.29, 0.717) is 5.56 Å². The monoisotopic (exact) mass is 420 g/mol. The summed E-state index contributed by atoms with van der Waals surface area (Å²) in [5.41, 5.74) is 5.50. The highest BCUT2D eigenvalue weighted by Gasteiger charge is 2.34. The van der Waals surface area contributed by atoms with Gasteiger partial charge in [0, 0.05) is 6.07 Å². The first kappa shape index (κ1) is 21.2. The van der Waals surface area contributed by atoms with Gasteiger partial charge >= 0.3 is 0 Å². The maximum Gasteiger partial charge on any atom is 0.223 e. The van der Waals surface area contributed by atoms with Gasteiger partial charge in [-0.2, -0.15) is 0 Å². The van der Waals surface area contributed by atoms with Gasteiger partial charge in [-0.25, -0.2) is 8.96 Å². The smallest absolute Gasteiger partial charge is 0.206 e. The summed E-state index contributed by atoms with van der Waals surface area (Å²) in [6, 6.07) is 11.2. The van der Waals surface area contributed by atoms with Gasteiger partial charge in [-0.15, -0.1) is 0 Å². The van der Waals surface area contributed by atoms with Crippen LogP contribution < -0.4 is 9.75 Å². The van der Waals surface area contributed by atoms with Gasteiger partial charge in [0.2, 0.25) is 5.69 Å². The van der Waals surface area contributed by atoms with Gasteiger partial charge in [0.05, 0.1) is 19.0 Å². The van der Waals surface area contributed by atoms with Crippen molar-refractivity contribution in [3.63, 3.8) is 0 Å². The van der Waals surface area contributed by atoms with Gasteiger partial charge in [-0.1, -0.05) is 68.6 Å². The average molecular weight is 421 g/mol. The zero-order chi connectivity index (χ0) is 21.6. The molecule has 30 heavy (non-hydrogen) atoms. The van der Waals surface area contributed by atoms with Gasteiger partial charge in [0.1, 0.15) is 12.9 Å². The molecule has 0 amide bonds. The molecule has 1 nitrogen and oxygen atoms in total. The summed E-state index contributed by atoms with van der Waals surface area (Å²) in [7, 11) is 0.501. The Hall–Kier alpha value is -2.00. The molecule has 4 rings (SSSR count). The summed E-state index contributed by atoms with van der Waals surface area (Å²) in [4.78, 5) is 0. The highest BCUT2D eigenvalue weighted by Crippen LogP contribution is 2.38. The molecule has 1 saturated carbocycles. The normalized spacial score (nSPS) is 15.7. The third-order valence-electron chi connectivity index (χ3n) is 7.71. The molecule has 0 saturated heterocycles. The molecule has 1 aromatic heterocycles. The number of pyridine rings is 1. The Morgan fingerprint density at radius 1 is 0.933 bits per heavy atom. The van der Waals surface area contributed by atoms with Crippen LogP contribution >= 0.6 is 0 Å². The Kier molecular flexibility index (Phi) is 5.61. The van der Waals surface area contributed by atoms with Crippen molar-refractivity contribution < 1.29 is 8.96 Å². The molecule has 158 valence electrons. The third-order valence-corrected chi connectivity index (χ3v) is 12.1. The van der Waals surface area contributed by atoms with Crippen molar-refractivity contribution in [1.29, 1.82) is 0 Å². The predicted molar refractivity (Wildman–Crippen MR) is 129 cm³/mol. The second-order valence-electron chi connectivity index (χ2n) is 9.96. The number of hydrogen-bond acceptors (Lipinski definition) is 0. The molecule has 0 aliphatic heterocycles. The third kappa shape index (κ3) is 3.51. The van der Waals surface area contributed by atoms with Crippen LogP contribution in [0.15, 0.2) is 36.5 Å². The first-order chi connectivity index (χ1) is 14.2. The highest BCUT2D eigenvalue weighted by atomic mass is 28.3. The molecule has 0 unspecified atom stereocenters. The van der Waals surface area contributed by atoms with Gasteiger partial charge in [0.15, 0.2) is 6.20 Å². The summed E-state index contributed by atoms with van der Waals surface area (Å²) in [5, 5.41) is 3.92. The number of fused-ring (bicyclic) bond motifs is 1. The lowest BCUT2D eigenvalue weighted by Gasteiger charge is -2.36. The number of halogens is 1. The fraction of sp³-hybridized carbons (Fsp3) is 0.444. The van der Waals surface area contributed by atoms with E-state index in [1.807, 2.05) is 27.0 Å². The second kappa shape index (κ2) is 7.92. The molecule has 1 heterocycles. The lowest BCUT2D eigenvalue weighted by Crippen LogP contribution is -2.46. The van der Waals surface area contributed by atoms with E-state index in [9.17, 15) is 0 Å². The Bertz CT molecular complexity index is 1080. The first-order valence-corrected chi connectivity index (χ1v) is 14.5. The van der Waals surface area contributed by atoms with Crippen LogP contribution in [0, 0.1) is 26.6 Å². The summed E-state index contributed by atoms with van der Waals surface area (Å²) in [6.07, 6.45) is 9.05. The Labute approximate surface area is 182 Å². The summed E-state index contributed by atoms with van der Waals surface area (Å²) in [5.74, 6) is -0.0952. The standard InChI is InChI=1S/C27H35FNSi/c1-18-16-19(2)26(28)25(20(18)3)27-24-13-12-23(17-21(24)14-15-29(27)4)30(5,6)22-10-8-7-9-11-22/h12-17,22H,7-11H2,1-6H3/q+1. The van der Waals surface area contributed by atoms with Crippen LogP contribution in [-0.2, 0) is 7.05 Å². The summed E-state index contributed by atoms with van der Waals surface area (Å²) >= 11 is 0. The molecular formula is C27H35FNSi+. The van der Waals surface area contributed by atoms with Crippen LogP contribution in [0.1, 0.15) is 48.8 Å². The minimum absolute atomic E-state index is 0.0952. The lowest BCUT2D eigenvalue weighted by atomic mass is 9.94. The molecule has 0 bridgehead atoms. The molecule has 0 radical (unpaired) electrons. The van der Waals surface area contributed by atoms with Crippen molar-refractivity contribution in [3.8, 4) is 11.3 Å². The van der Waals surface area contributed by atoms with Crippen LogP contribution in [0.4, 0.5) is 4.39 Å². The topological polar surface area (TPSA) is 3.88 Å². The van der Waals surface area contributed by atoms with Crippen molar-refractivity contribution in [2.24, 2.45) is 7.05 Å². The Morgan fingerprint density at radius 2 is 1.63 bits per heavy atom. The number of aryl methyl sites for hydroxylation is 3. The zero-order valence-corrected chi connectivity index (χ0v) is 20.4. The molecule has 1 aliphatic rings. The van der Waals surface area contributed by atoms with Crippen molar-refractivity contribution in [1.82, 2.24) is 0 Å². The van der Waals surface area contributed by atoms with E-state index >= 15 is 4.39 Å². The number of rotatable bonds is 3. The highest BCUT2D eigenvalue weighted by molar-refractivity contribution is 6.91. The number of benzene rings is 2. The zero-order valence-electron chi connectivity index (χ0n) is 19.4. The first-order valence-electron chi connectivity index (χ1n) is 11.4. The number of aromatic nitrogens is 1. The van der Waals surface area contributed by atoms with Crippen molar-refractivity contribution in [3.05, 3.63) is 59.0 Å². The molecule has 2 aromatic carbocycles. The molecule has 0 atom stereocenters. The molecule has 3 aromatic rings. The molecule has 0 N–H and O–H groups in total. The maximum atomic E-state index is 15.3. The van der Waals surface area contributed by atoms with Crippen LogP contribution in [0.5, 0.6) is 0 Å². The fourth-order valence-corrected chi connectivity index (χ4v) is 8.85. The van der Waals surface area contributed by atoms with Gasteiger partial charge in [0.25, 0.3) is 0 Å². The SMILES string of the molecule is Cc1cc(C)c(F)c(-c2c3ccc([Si](C)(C)C4CCCCC4)cc3cc[n+]2C)c1C. The second-order valence-corrected chi connectivity index (χ2v) is 14.8. The number of hydrogen-bond donors (Lipinski definition) is 0. The van der Waals surface area contributed by atoms with Crippen molar-refractivity contribution >= 4 is 24.0 Å². The van der Waals surface area contributed by atoms with E-state index in [1.54, 1.807) is 5.19 Å². The lowest BCUT2D eigenvalue weighted by molar-refractivity contribution is -0.659. The summed E-state index contributed by atoms with van der Waals surface area (Å²) < 4.78 is 17.4. The average Bonchev–Trinajstić information content (AvgIpc) is 2.74. The molecule has 1 fully saturated rings. The van der Waals surface area contributed by atoms with E-state index < -0.39 is 8.07 Å². The predicted octanol–water partition coefficient (Wildman–Crippen LogP) is 6.65.